The number of pyridine rings is 1. The smallest absolute Gasteiger partial charge is 0.341 e. The fraction of sp³-hybridized carbons (Fsp3) is 0.360. The molecular formula is C25H27ClFNO5. The van der Waals surface area contributed by atoms with Crippen LogP contribution in [0.1, 0.15) is 49.2 Å². The Kier molecular flexibility index (Phi) is 7.14. The zero-order valence-corrected chi connectivity index (χ0v) is 19.7. The molecule has 0 unspecified atom stereocenters. The van der Waals surface area contributed by atoms with Crippen LogP contribution >= 0.6 is 11.6 Å². The molecule has 1 aromatic heterocycles. The molecule has 33 heavy (non-hydrogen) atoms. The van der Waals surface area contributed by atoms with Gasteiger partial charge in [-0.3, -0.25) is 4.79 Å². The van der Waals surface area contributed by atoms with Crippen LogP contribution in [0, 0.1) is 11.7 Å². The Bertz CT molecular complexity index is 1260. The summed E-state index contributed by atoms with van der Waals surface area (Å²) in [7, 11) is 0. The predicted molar refractivity (Wildman–Crippen MR) is 126 cm³/mol. The van der Waals surface area contributed by atoms with Crippen molar-refractivity contribution in [2.75, 3.05) is 6.61 Å². The number of nitrogens with zero attached hydrogens (tertiary/aromatic N) is 1. The van der Waals surface area contributed by atoms with Crippen LogP contribution in [0.25, 0.3) is 10.9 Å². The van der Waals surface area contributed by atoms with E-state index in [-0.39, 0.29) is 34.9 Å². The van der Waals surface area contributed by atoms with Crippen LogP contribution in [-0.4, -0.2) is 33.0 Å². The van der Waals surface area contributed by atoms with Crippen LogP contribution in [0.2, 0.25) is 5.02 Å². The summed E-state index contributed by atoms with van der Waals surface area (Å²) >= 11 is 5.92. The molecule has 0 amide bonds. The predicted octanol–water partition coefficient (Wildman–Crippen LogP) is 4.89. The van der Waals surface area contributed by atoms with Crippen molar-refractivity contribution in [2.24, 2.45) is 5.92 Å². The van der Waals surface area contributed by atoms with Gasteiger partial charge in [0, 0.05) is 36.5 Å². The zero-order chi connectivity index (χ0) is 24.5. The van der Waals surface area contributed by atoms with Crippen LogP contribution in [0.15, 0.2) is 41.3 Å². The monoisotopic (exact) mass is 475 g/mol. The molecule has 0 spiro atoms. The van der Waals surface area contributed by atoms with Gasteiger partial charge in [-0.2, -0.15) is 0 Å². The van der Waals surface area contributed by atoms with Gasteiger partial charge in [-0.25, -0.2) is 9.18 Å². The van der Waals surface area contributed by atoms with Gasteiger partial charge in [-0.05, 0) is 44.0 Å². The minimum absolute atomic E-state index is 0.0117. The van der Waals surface area contributed by atoms with Crippen LogP contribution in [0.4, 0.5) is 4.39 Å². The summed E-state index contributed by atoms with van der Waals surface area (Å²) < 4.78 is 22.0. The highest BCUT2D eigenvalue weighted by Crippen LogP contribution is 2.30. The standard InChI is InChI=1S/C25H27ClFNO5/c1-5-33-21-11-20-17(10-16(21)9-15-7-6-8-19(26)22(15)27)23(29)18(24(30)31)13-28(20)12-14(2)25(3,4)32/h6-8,10-11,13-14,32H,5,9,12H2,1-4H3,(H,30,31)/t14-/m0/s1. The molecule has 2 N–H and O–H groups in total. The van der Waals surface area contributed by atoms with Crippen LogP contribution < -0.4 is 10.2 Å². The minimum Gasteiger partial charge on any atom is -0.494 e. The minimum atomic E-state index is -1.34. The number of hydrogen-bond acceptors (Lipinski definition) is 4. The van der Waals surface area contributed by atoms with Crippen molar-refractivity contribution in [1.82, 2.24) is 4.57 Å². The number of aliphatic hydroxyl groups is 1. The van der Waals surface area contributed by atoms with Gasteiger partial charge in [0.15, 0.2) is 0 Å². The van der Waals surface area contributed by atoms with Crippen LogP contribution in [0.3, 0.4) is 0 Å². The molecule has 0 aliphatic heterocycles. The van der Waals surface area contributed by atoms with E-state index in [1.807, 2.05) is 13.8 Å². The third-order valence-electron chi connectivity index (χ3n) is 5.88. The lowest BCUT2D eigenvalue weighted by Crippen LogP contribution is -2.32. The molecule has 1 heterocycles. The molecule has 2 aromatic carbocycles. The van der Waals surface area contributed by atoms with E-state index in [1.54, 1.807) is 42.7 Å². The van der Waals surface area contributed by atoms with E-state index in [4.69, 9.17) is 16.3 Å². The Balaban J connectivity index is 2.26. The van der Waals surface area contributed by atoms with Gasteiger partial charge in [0.05, 0.1) is 22.7 Å². The molecule has 6 nitrogen and oxygen atoms in total. The van der Waals surface area contributed by atoms with E-state index in [0.29, 0.717) is 29.0 Å². The number of benzene rings is 2. The Morgan fingerprint density at radius 1 is 1.27 bits per heavy atom. The molecule has 0 aliphatic rings. The second-order valence-electron chi connectivity index (χ2n) is 8.68. The number of fused-ring (bicyclic) bond motifs is 1. The molecule has 3 aromatic rings. The second-order valence-corrected chi connectivity index (χ2v) is 9.09. The lowest BCUT2D eigenvalue weighted by atomic mass is 9.92. The highest BCUT2D eigenvalue weighted by Gasteiger charge is 2.25. The summed E-state index contributed by atoms with van der Waals surface area (Å²) in [4.78, 5) is 24.8. The summed E-state index contributed by atoms with van der Waals surface area (Å²) in [6.45, 7) is 7.60. The number of carbonyl (C=O) groups is 1. The first-order chi connectivity index (χ1) is 15.4. The van der Waals surface area contributed by atoms with E-state index in [2.05, 4.69) is 0 Å². The number of halogens is 2. The number of carboxylic acid groups (broad SMARTS) is 1. The van der Waals surface area contributed by atoms with Crippen molar-refractivity contribution in [2.45, 2.75) is 46.3 Å². The quantitative estimate of drug-likeness (QED) is 0.484. The highest BCUT2D eigenvalue weighted by molar-refractivity contribution is 6.30. The SMILES string of the molecule is CCOc1cc2c(cc1Cc1cccc(Cl)c1F)c(=O)c(C(=O)O)cn2C[C@H](C)C(C)(C)O. The van der Waals surface area contributed by atoms with E-state index in [1.165, 1.54) is 12.3 Å². The lowest BCUT2D eigenvalue weighted by Gasteiger charge is -2.27. The summed E-state index contributed by atoms with van der Waals surface area (Å²) in [5.41, 5.74) is -0.707. The molecular weight excluding hydrogens is 449 g/mol. The van der Waals surface area contributed by atoms with Gasteiger partial charge >= 0.3 is 5.97 Å². The summed E-state index contributed by atoms with van der Waals surface area (Å²) in [6, 6.07) is 7.90. The fourth-order valence-corrected chi connectivity index (χ4v) is 3.80. The number of rotatable bonds is 8. The van der Waals surface area contributed by atoms with Crippen molar-refractivity contribution in [3.05, 3.63) is 74.3 Å². The maximum atomic E-state index is 14.5. The molecule has 3 rings (SSSR count). The van der Waals surface area contributed by atoms with E-state index in [0.717, 1.165) is 0 Å². The Morgan fingerprint density at radius 3 is 2.58 bits per heavy atom. The first kappa shape index (κ1) is 24.7. The summed E-state index contributed by atoms with van der Waals surface area (Å²) in [5.74, 6) is -1.70. The van der Waals surface area contributed by atoms with E-state index >= 15 is 0 Å². The van der Waals surface area contributed by atoms with Gasteiger partial charge in [-0.1, -0.05) is 30.7 Å². The van der Waals surface area contributed by atoms with Crippen LogP contribution in [0.5, 0.6) is 5.75 Å². The molecule has 176 valence electrons. The molecule has 8 heteroatoms. The van der Waals surface area contributed by atoms with Crippen LogP contribution in [-0.2, 0) is 13.0 Å². The fourth-order valence-electron chi connectivity index (χ4n) is 3.60. The molecule has 0 fully saturated rings. The largest absolute Gasteiger partial charge is 0.494 e. The van der Waals surface area contributed by atoms with Crippen molar-refractivity contribution < 1.29 is 24.1 Å². The average Bonchev–Trinajstić information content (AvgIpc) is 2.73. The third kappa shape index (κ3) is 5.20. The number of ether oxygens (including phenoxy) is 1. The molecule has 0 saturated carbocycles. The average molecular weight is 476 g/mol. The maximum absolute atomic E-state index is 14.5. The van der Waals surface area contributed by atoms with Gasteiger partial charge < -0.3 is 19.5 Å². The summed E-state index contributed by atoms with van der Waals surface area (Å²) in [5, 5.41) is 20.2. The number of aromatic carboxylic acids is 1. The van der Waals surface area contributed by atoms with Gasteiger partial charge in [-0.15, -0.1) is 0 Å². The molecule has 0 bridgehead atoms. The maximum Gasteiger partial charge on any atom is 0.341 e. The zero-order valence-electron chi connectivity index (χ0n) is 19.0. The number of aromatic nitrogens is 1. The van der Waals surface area contributed by atoms with Gasteiger partial charge in [0.1, 0.15) is 17.1 Å². The molecule has 1 atom stereocenters. The first-order valence-corrected chi connectivity index (χ1v) is 11.0. The van der Waals surface area contributed by atoms with E-state index in [9.17, 15) is 24.2 Å². The number of hydrogen-bond donors (Lipinski definition) is 2. The third-order valence-corrected chi connectivity index (χ3v) is 6.17. The topological polar surface area (TPSA) is 88.8 Å². The highest BCUT2D eigenvalue weighted by atomic mass is 35.5. The Labute approximate surface area is 196 Å². The van der Waals surface area contributed by atoms with Crippen molar-refractivity contribution in [3.8, 4) is 5.75 Å². The second kappa shape index (κ2) is 9.53. The van der Waals surface area contributed by atoms with Crippen molar-refractivity contribution >= 4 is 28.5 Å². The Hall–Kier alpha value is -2.90. The van der Waals surface area contributed by atoms with E-state index < -0.39 is 22.8 Å². The molecule has 0 saturated heterocycles. The van der Waals surface area contributed by atoms with Crippen molar-refractivity contribution in [3.63, 3.8) is 0 Å². The Morgan fingerprint density at radius 2 is 1.97 bits per heavy atom. The molecule has 0 aliphatic carbocycles. The number of carboxylic acids is 1. The lowest BCUT2D eigenvalue weighted by molar-refractivity contribution is 0.0181. The van der Waals surface area contributed by atoms with Gasteiger partial charge in [0.25, 0.3) is 0 Å². The molecule has 0 radical (unpaired) electrons. The van der Waals surface area contributed by atoms with Gasteiger partial charge in [0.2, 0.25) is 5.43 Å². The normalized spacial score (nSPS) is 12.7. The van der Waals surface area contributed by atoms with Crippen molar-refractivity contribution in [1.29, 1.82) is 0 Å². The first-order valence-electron chi connectivity index (χ1n) is 10.7. The summed E-state index contributed by atoms with van der Waals surface area (Å²) in [6.07, 6.45) is 1.40.